The molecule has 0 spiro atoms. The molecule has 0 aliphatic heterocycles. The third-order valence-electron chi connectivity index (χ3n) is 4.67. The number of nitrogens with zero attached hydrogens (tertiary/aromatic N) is 3. The summed E-state index contributed by atoms with van der Waals surface area (Å²) in [7, 11) is 1.98. The minimum absolute atomic E-state index is 0.503. The van der Waals surface area contributed by atoms with Gasteiger partial charge in [0.1, 0.15) is 0 Å². The third-order valence-corrected chi connectivity index (χ3v) is 4.67. The Balaban J connectivity index is 1.75. The van der Waals surface area contributed by atoms with E-state index >= 15 is 0 Å². The van der Waals surface area contributed by atoms with E-state index in [1.165, 1.54) is 36.9 Å². The maximum absolute atomic E-state index is 5.90. The molecule has 2 N–H and O–H groups in total. The Morgan fingerprint density at radius 2 is 2.04 bits per heavy atom. The summed E-state index contributed by atoms with van der Waals surface area (Å²) in [6.07, 6.45) is 6.64. The molecule has 1 heterocycles. The first-order chi connectivity index (χ1) is 11.6. The molecule has 1 fully saturated rings. The average molecular weight is 335 g/mol. The van der Waals surface area contributed by atoms with Gasteiger partial charge in [-0.15, -0.1) is 0 Å². The lowest BCUT2D eigenvalue weighted by molar-refractivity contribution is 0.0574. The van der Waals surface area contributed by atoms with Crippen molar-refractivity contribution in [3.63, 3.8) is 0 Å². The highest BCUT2D eigenvalue weighted by Crippen LogP contribution is 2.20. The van der Waals surface area contributed by atoms with Crippen LogP contribution in [0.4, 0.5) is 0 Å². The zero-order chi connectivity index (χ0) is 17.4. The van der Waals surface area contributed by atoms with Gasteiger partial charge in [-0.3, -0.25) is 4.68 Å². The summed E-state index contributed by atoms with van der Waals surface area (Å²) in [5, 5.41) is 11.1. The number of ether oxygens (including phenoxy) is 1. The zero-order valence-electron chi connectivity index (χ0n) is 15.7. The van der Waals surface area contributed by atoms with Gasteiger partial charge in [0.05, 0.1) is 18.3 Å². The maximum Gasteiger partial charge on any atom is 0.191 e. The van der Waals surface area contributed by atoms with Gasteiger partial charge in [0.2, 0.25) is 0 Å². The summed E-state index contributed by atoms with van der Waals surface area (Å²) in [4.78, 5) is 4.69. The molecule has 0 unspecified atom stereocenters. The highest BCUT2D eigenvalue weighted by molar-refractivity contribution is 5.79. The van der Waals surface area contributed by atoms with Crippen LogP contribution in [0.3, 0.4) is 0 Å². The Hall–Kier alpha value is -1.56. The molecule has 0 radical (unpaired) electrons. The molecule has 2 rings (SSSR count). The van der Waals surface area contributed by atoms with E-state index in [9.17, 15) is 0 Å². The second-order valence-electron chi connectivity index (χ2n) is 6.53. The van der Waals surface area contributed by atoms with Crippen LogP contribution in [0.2, 0.25) is 0 Å². The first kappa shape index (κ1) is 18.8. The maximum atomic E-state index is 5.90. The van der Waals surface area contributed by atoms with E-state index in [0.29, 0.717) is 12.6 Å². The molecule has 0 bridgehead atoms. The van der Waals surface area contributed by atoms with Crippen molar-refractivity contribution in [3.8, 4) is 0 Å². The second kappa shape index (κ2) is 9.67. The molecule has 0 saturated heterocycles. The molecular formula is C18H33N5O. The first-order valence-corrected chi connectivity index (χ1v) is 9.24. The Morgan fingerprint density at radius 1 is 1.29 bits per heavy atom. The predicted octanol–water partition coefficient (Wildman–Crippen LogP) is 2.44. The number of rotatable bonds is 8. The van der Waals surface area contributed by atoms with Gasteiger partial charge in [-0.25, -0.2) is 4.99 Å². The van der Waals surface area contributed by atoms with E-state index in [4.69, 9.17) is 9.73 Å². The number of guanidine groups is 1. The molecule has 1 aromatic rings. The number of nitrogens with one attached hydrogen (secondary N) is 2. The van der Waals surface area contributed by atoms with Gasteiger partial charge < -0.3 is 15.4 Å². The number of hydrogen-bond acceptors (Lipinski definition) is 3. The lowest BCUT2D eigenvalue weighted by Crippen LogP contribution is -2.38. The third kappa shape index (κ3) is 5.51. The smallest absolute Gasteiger partial charge is 0.191 e. The van der Waals surface area contributed by atoms with E-state index in [2.05, 4.69) is 29.6 Å². The molecular weight excluding hydrogens is 302 g/mol. The predicted molar refractivity (Wildman–Crippen MR) is 98.3 cm³/mol. The monoisotopic (exact) mass is 335 g/mol. The molecule has 1 saturated carbocycles. The van der Waals surface area contributed by atoms with E-state index < -0.39 is 0 Å². The molecule has 1 aromatic heterocycles. The minimum Gasteiger partial charge on any atom is -0.378 e. The molecule has 24 heavy (non-hydrogen) atoms. The summed E-state index contributed by atoms with van der Waals surface area (Å²) in [5.74, 6) is 0.862. The van der Waals surface area contributed by atoms with Crippen LogP contribution in [0.15, 0.2) is 4.99 Å². The lowest BCUT2D eigenvalue weighted by Gasteiger charge is -2.13. The summed E-state index contributed by atoms with van der Waals surface area (Å²) in [5.41, 5.74) is 3.44. The van der Waals surface area contributed by atoms with E-state index in [-0.39, 0.29) is 0 Å². The number of aromatic nitrogens is 2. The molecule has 0 amide bonds. The van der Waals surface area contributed by atoms with Crippen molar-refractivity contribution in [2.24, 2.45) is 12.0 Å². The summed E-state index contributed by atoms with van der Waals surface area (Å²) < 4.78 is 7.81. The largest absolute Gasteiger partial charge is 0.378 e. The number of aliphatic imine (C=N–C) groups is 1. The highest BCUT2D eigenvalue weighted by Gasteiger charge is 2.14. The fourth-order valence-corrected chi connectivity index (χ4v) is 3.13. The normalized spacial score (nSPS) is 15.9. The van der Waals surface area contributed by atoms with Gasteiger partial charge in [-0.05, 0) is 40.0 Å². The zero-order valence-corrected chi connectivity index (χ0v) is 15.7. The van der Waals surface area contributed by atoms with Crippen molar-refractivity contribution in [1.29, 1.82) is 0 Å². The topological polar surface area (TPSA) is 63.5 Å². The first-order valence-electron chi connectivity index (χ1n) is 9.24. The van der Waals surface area contributed by atoms with Gasteiger partial charge >= 0.3 is 0 Å². The quantitative estimate of drug-likeness (QED) is 0.435. The van der Waals surface area contributed by atoms with E-state index in [1.807, 2.05) is 18.7 Å². The van der Waals surface area contributed by atoms with Crippen LogP contribution in [0, 0.1) is 13.8 Å². The number of aryl methyl sites for hydroxylation is 2. The Labute approximate surface area is 146 Å². The van der Waals surface area contributed by atoms with Crippen molar-refractivity contribution in [2.75, 3.05) is 19.7 Å². The van der Waals surface area contributed by atoms with Gasteiger partial charge in [-0.2, -0.15) is 5.10 Å². The van der Waals surface area contributed by atoms with Gasteiger partial charge in [0, 0.05) is 38.0 Å². The van der Waals surface area contributed by atoms with Crippen LogP contribution in [-0.4, -0.2) is 41.5 Å². The number of hydrogen-bond donors (Lipinski definition) is 2. The Bertz CT molecular complexity index is 532. The average Bonchev–Trinajstić information content (AvgIpc) is 3.15. The van der Waals surface area contributed by atoms with Crippen molar-refractivity contribution in [1.82, 2.24) is 20.4 Å². The summed E-state index contributed by atoms with van der Waals surface area (Å²) in [6.45, 7) is 9.43. The molecule has 6 nitrogen and oxygen atoms in total. The minimum atomic E-state index is 0.503. The van der Waals surface area contributed by atoms with E-state index in [0.717, 1.165) is 37.8 Å². The van der Waals surface area contributed by atoms with Crippen LogP contribution < -0.4 is 10.6 Å². The van der Waals surface area contributed by atoms with Crippen molar-refractivity contribution >= 4 is 5.96 Å². The molecule has 0 aromatic carbocycles. The van der Waals surface area contributed by atoms with Crippen LogP contribution in [-0.2, 0) is 18.3 Å². The van der Waals surface area contributed by atoms with Gasteiger partial charge in [0.15, 0.2) is 5.96 Å². The second-order valence-corrected chi connectivity index (χ2v) is 6.53. The molecule has 1 aliphatic carbocycles. The van der Waals surface area contributed by atoms with Crippen LogP contribution >= 0.6 is 0 Å². The SMILES string of the molecule is CCNC(=NCc1c(C)nn(C)c1C)NCCCOC1CCCC1. The molecule has 6 heteroatoms. The van der Waals surface area contributed by atoms with Crippen LogP contribution in [0.5, 0.6) is 0 Å². The Morgan fingerprint density at radius 3 is 2.67 bits per heavy atom. The molecule has 136 valence electrons. The van der Waals surface area contributed by atoms with Gasteiger partial charge in [-0.1, -0.05) is 12.8 Å². The Kier molecular flexibility index (Phi) is 7.56. The van der Waals surface area contributed by atoms with Crippen LogP contribution in [0.1, 0.15) is 56.0 Å². The standard InChI is InChI=1S/C18H33N5O/c1-5-19-18(20-11-8-12-24-16-9-6-7-10-16)21-13-17-14(2)22-23(4)15(17)3/h16H,5-13H2,1-4H3,(H2,19,20,21). The summed E-state index contributed by atoms with van der Waals surface area (Å²) >= 11 is 0. The summed E-state index contributed by atoms with van der Waals surface area (Å²) in [6, 6.07) is 0. The highest BCUT2D eigenvalue weighted by atomic mass is 16.5. The molecule has 1 aliphatic rings. The van der Waals surface area contributed by atoms with Crippen molar-refractivity contribution in [3.05, 3.63) is 17.0 Å². The van der Waals surface area contributed by atoms with Gasteiger partial charge in [0.25, 0.3) is 0 Å². The van der Waals surface area contributed by atoms with Crippen LogP contribution in [0.25, 0.3) is 0 Å². The van der Waals surface area contributed by atoms with E-state index in [1.54, 1.807) is 0 Å². The van der Waals surface area contributed by atoms with Crippen molar-refractivity contribution < 1.29 is 4.74 Å². The molecule has 0 atom stereocenters. The lowest BCUT2D eigenvalue weighted by atomic mass is 10.2. The fourth-order valence-electron chi connectivity index (χ4n) is 3.13. The van der Waals surface area contributed by atoms with Crippen molar-refractivity contribution in [2.45, 2.75) is 65.5 Å². The fraction of sp³-hybridized carbons (Fsp3) is 0.778.